The van der Waals surface area contributed by atoms with Gasteiger partial charge in [0.1, 0.15) is 0 Å². The topological polar surface area (TPSA) is 55.1 Å². The van der Waals surface area contributed by atoms with Crippen LogP contribution in [0.5, 0.6) is 0 Å². The summed E-state index contributed by atoms with van der Waals surface area (Å²) in [5.74, 6) is 0.970. The summed E-state index contributed by atoms with van der Waals surface area (Å²) in [7, 11) is 0. The molecule has 0 heterocycles. The highest BCUT2D eigenvalue weighted by Gasteiger charge is 2.39. The molecule has 0 radical (unpaired) electrons. The molecule has 0 aliphatic heterocycles. The number of amides is 1. The van der Waals surface area contributed by atoms with Crippen molar-refractivity contribution in [1.82, 2.24) is 5.32 Å². The molecule has 1 amide bonds. The largest absolute Gasteiger partial charge is 0.350 e. The van der Waals surface area contributed by atoms with Gasteiger partial charge in [0.25, 0.3) is 0 Å². The van der Waals surface area contributed by atoms with Crippen molar-refractivity contribution in [3.63, 3.8) is 0 Å². The van der Waals surface area contributed by atoms with Gasteiger partial charge in [-0.15, -0.1) is 0 Å². The van der Waals surface area contributed by atoms with E-state index in [-0.39, 0.29) is 17.4 Å². The molecule has 2 aliphatic carbocycles. The highest BCUT2D eigenvalue weighted by Crippen LogP contribution is 2.36. The molecule has 3 N–H and O–H groups in total. The zero-order chi connectivity index (χ0) is 12.5. The fraction of sp³-hybridized carbons (Fsp3) is 0.929. The van der Waals surface area contributed by atoms with Crippen LogP contribution in [0.3, 0.4) is 0 Å². The van der Waals surface area contributed by atoms with Crippen LogP contribution in [0.25, 0.3) is 0 Å². The Morgan fingerprint density at radius 1 is 1.41 bits per heavy atom. The first-order valence-electron chi connectivity index (χ1n) is 7.14. The van der Waals surface area contributed by atoms with Crippen molar-refractivity contribution in [3.05, 3.63) is 0 Å². The lowest BCUT2D eigenvalue weighted by Crippen LogP contribution is -2.55. The van der Waals surface area contributed by atoms with Crippen molar-refractivity contribution < 1.29 is 4.79 Å². The molecule has 3 nitrogen and oxygen atoms in total. The Bertz CT molecular complexity index is 280. The van der Waals surface area contributed by atoms with Crippen LogP contribution in [0, 0.1) is 11.8 Å². The first-order valence-corrected chi connectivity index (χ1v) is 7.14. The van der Waals surface area contributed by atoms with Gasteiger partial charge >= 0.3 is 0 Å². The molecule has 0 aromatic heterocycles. The smallest absolute Gasteiger partial charge is 0.223 e. The molecular weight excluding hydrogens is 212 g/mol. The van der Waals surface area contributed by atoms with Crippen LogP contribution < -0.4 is 11.1 Å². The minimum Gasteiger partial charge on any atom is -0.350 e. The summed E-state index contributed by atoms with van der Waals surface area (Å²) in [5.41, 5.74) is 6.14. The third-order valence-corrected chi connectivity index (χ3v) is 4.98. The minimum absolute atomic E-state index is 0.139. The molecule has 3 heteroatoms. The molecular formula is C14H26N2O. The molecule has 98 valence electrons. The molecule has 0 aromatic carbocycles. The van der Waals surface area contributed by atoms with Crippen LogP contribution in [-0.4, -0.2) is 17.5 Å². The highest BCUT2D eigenvalue weighted by molar-refractivity contribution is 5.79. The molecule has 3 atom stereocenters. The van der Waals surface area contributed by atoms with Crippen LogP contribution in [0.4, 0.5) is 0 Å². The Morgan fingerprint density at radius 3 is 2.59 bits per heavy atom. The van der Waals surface area contributed by atoms with E-state index >= 15 is 0 Å². The first kappa shape index (κ1) is 12.9. The first-order chi connectivity index (χ1) is 8.06. The molecule has 17 heavy (non-hydrogen) atoms. The molecule has 2 rings (SSSR count). The van der Waals surface area contributed by atoms with E-state index in [1.807, 2.05) is 0 Å². The lowest BCUT2D eigenvalue weighted by Gasteiger charge is -2.43. The maximum Gasteiger partial charge on any atom is 0.223 e. The van der Waals surface area contributed by atoms with Crippen LogP contribution >= 0.6 is 0 Å². The second-order valence-corrected chi connectivity index (χ2v) is 6.13. The molecule has 3 unspecified atom stereocenters. The fourth-order valence-electron chi connectivity index (χ4n) is 3.19. The summed E-state index contributed by atoms with van der Waals surface area (Å²) >= 11 is 0. The minimum atomic E-state index is 0.139. The van der Waals surface area contributed by atoms with Gasteiger partial charge in [-0.05, 0) is 50.9 Å². The van der Waals surface area contributed by atoms with Gasteiger partial charge in [0.05, 0.1) is 0 Å². The van der Waals surface area contributed by atoms with E-state index in [4.69, 9.17) is 5.73 Å². The lowest BCUT2D eigenvalue weighted by molar-refractivity contribution is -0.129. The van der Waals surface area contributed by atoms with Gasteiger partial charge in [-0.2, -0.15) is 0 Å². The predicted octanol–water partition coefficient (Wildman–Crippen LogP) is 2.20. The van der Waals surface area contributed by atoms with E-state index in [9.17, 15) is 4.79 Å². The average molecular weight is 238 g/mol. The van der Waals surface area contributed by atoms with Crippen LogP contribution in [0.15, 0.2) is 0 Å². The summed E-state index contributed by atoms with van der Waals surface area (Å²) in [6.45, 7) is 4.35. The fourth-order valence-corrected chi connectivity index (χ4v) is 3.19. The van der Waals surface area contributed by atoms with E-state index in [0.29, 0.717) is 12.0 Å². The maximum atomic E-state index is 12.3. The Morgan fingerprint density at radius 2 is 2.12 bits per heavy atom. The Hall–Kier alpha value is -0.570. The van der Waals surface area contributed by atoms with Crippen molar-refractivity contribution in [2.75, 3.05) is 0 Å². The summed E-state index contributed by atoms with van der Waals surface area (Å²) in [6, 6.07) is 0.294. The second-order valence-electron chi connectivity index (χ2n) is 6.13. The molecule has 0 spiro atoms. The summed E-state index contributed by atoms with van der Waals surface area (Å²) in [5, 5.41) is 3.30. The summed E-state index contributed by atoms with van der Waals surface area (Å²) in [6.07, 6.45) is 7.59. The van der Waals surface area contributed by atoms with Crippen molar-refractivity contribution in [2.24, 2.45) is 17.6 Å². The Kier molecular flexibility index (Phi) is 3.76. The third kappa shape index (κ3) is 2.65. The number of carbonyl (C=O) groups is 1. The third-order valence-electron chi connectivity index (χ3n) is 4.98. The number of rotatable bonds is 3. The maximum absolute atomic E-state index is 12.3. The van der Waals surface area contributed by atoms with Crippen LogP contribution in [-0.2, 0) is 4.79 Å². The highest BCUT2D eigenvalue weighted by atomic mass is 16.2. The van der Waals surface area contributed by atoms with E-state index < -0.39 is 0 Å². The van der Waals surface area contributed by atoms with Gasteiger partial charge in [-0.25, -0.2) is 0 Å². The van der Waals surface area contributed by atoms with Crippen LogP contribution in [0.2, 0.25) is 0 Å². The number of carbonyl (C=O) groups excluding carboxylic acids is 1. The normalized spacial score (nSPS) is 36.1. The Balaban J connectivity index is 1.88. The van der Waals surface area contributed by atoms with Gasteiger partial charge in [-0.1, -0.05) is 13.8 Å². The number of hydrogen-bond acceptors (Lipinski definition) is 2. The second kappa shape index (κ2) is 4.97. The molecule has 2 aliphatic rings. The molecule has 0 aromatic rings. The molecule has 0 saturated heterocycles. The zero-order valence-corrected chi connectivity index (χ0v) is 11.2. The van der Waals surface area contributed by atoms with Crippen molar-refractivity contribution in [1.29, 1.82) is 0 Å². The molecule has 2 fully saturated rings. The van der Waals surface area contributed by atoms with Crippen molar-refractivity contribution in [2.45, 2.75) is 70.4 Å². The van der Waals surface area contributed by atoms with E-state index in [2.05, 4.69) is 19.2 Å². The van der Waals surface area contributed by atoms with Gasteiger partial charge in [0.2, 0.25) is 5.91 Å². The molecule has 0 bridgehead atoms. The molecule has 2 saturated carbocycles. The average Bonchev–Trinajstić information content (AvgIpc) is 2.27. The van der Waals surface area contributed by atoms with Gasteiger partial charge in [-0.3, -0.25) is 4.79 Å². The SMILES string of the molecule is CCC1(NC(=O)C2CCC(N)C(C)C2)CCC1. The number of nitrogens with one attached hydrogen (secondary N) is 1. The monoisotopic (exact) mass is 238 g/mol. The summed E-state index contributed by atoms with van der Waals surface area (Å²) < 4.78 is 0. The predicted molar refractivity (Wildman–Crippen MR) is 69.5 cm³/mol. The quantitative estimate of drug-likeness (QED) is 0.792. The van der Waals surface area contributed by atoms with E-state index in [1.54, 1.807) is 0 Å². The van der Waals surface area contributed by atoms with Gasteiger partial charge in [0.15, 0.2) is 0 Å². The Labute approximate surface area is 105 Å². The van der Waals surface area contributed by atoms with E-state index in [1.165, 1.54) is 6.42 Å². The van der Waals surface area contributed by atoms with Gasteiger partial charge in [0, 0.05) is 17.5 Å². The standard InChI is InChI=1S/C14H26N2O/c1-3-14(7-4-8-14)16-13(17)11-5-6-12(15)10(2)9-11/h10-12H,3-9,15H2,1-2H3,(H,16,17). The zero-order valence-electron chi connectivity index (χ0n) is 11.2. The van der Waals surface area contributed by atoms with Gasteiger partial charge < -0.3 is 11.1 Å². The lowest BCUT2D eigenvalue weighted by atomic mass is 9.73. The number of hydrogen-bond donors (Lipinski definition) is 2. The number of nitrogens with two attached hydrogens (primary N) is 1. The van der Waals surface area contributed by atoms with Crippen molar-refractivity contribution >= 4 is 5.91 Å². The van der Waals surface area contributed by atoms with Crippen LogP contribution in [0.1, 0.15) is 58.8 Å². The van der Waals surface area contributed by atoms with Crippen molar-refractivity contribution in [3.8, 4) is 0 Å². The van der Waals surface area contributed by atoms with E-state index in [0.717, 1.165) is 38.5 Å². The summed E-state index contributed by atoms with van der Waals surface area (Å²) in [4.78, 5) is 12.3.